The molecule has 0 radical (unpaired) electrons. The second-order valence-electron chi connectivity index (χ2n) is 2.48. The average Bonchev–Trinajstić information content (AvgIpc) is 2.06. The summed E-state index contributed by atoms with van der Waals surface area (Å²) in [6.45, 7) is -0.600. The molecule has 1 rings (SSSR count). The first-order valence-corrected chi connectivity index (χ1v) is 3.20. The molecule has 10 heavy (non-hydrogen) atoms. The number of hydrogen-bond acceptors (Lipinski definition) is 1. The molecule has 54 valence electrons. The Morgan fingerprint density at radius 2 is 2.40 bits per heavy atom. The lowest BCUT2D eigenvalue weighted by atomic mass is 9.85. The van der Waals surface area contributed by atoms with Crippen molar-refractivity contribution in [3.63, 3.8) is 0 Å². The minimum Gasteiger partial charge on any atom is -0.302 e. The zero-order valence-electron chi connectivity index (χ0n) is 5.59. The van der Waals surface area contributed by atoms with Crippen LogP contribution >= 0.6 is 0 Å². The summed E-state index contributed by atoms with van der Waals surface area (Å²) >= 11 is 0. The van der Waals surface area contributed by atoms with Gasteiger partial charge in [0.25, 0.3) is 0 Å². The molecule has 0 aromatic carbocycles. The van der Waals surface area contributed by atoms with Crippen molar-refractivity contribution in [2.75, 3.05) is 6.67 Å². The molecule has 1 atom stereocenters. The van der Waals surface area contributed by atoms with Gasteiger partial charge in [-0.3, -0.25) is 0 Å². The van der Waals surface area contributed by atoms with Gasteiger partial charge in [-0.2, -0.15) is 0 Å². The molecule has 0 aliphatic heterocycles. The number of alkyl halides is 1. The summed E-state index contributed by atoms with van der Waals surface area (Å²) in [5.41, 5.74) is -0.852. The maximum Gasteiger partial charge on any atom is 0.132 e. The van der Waals surface area contributed by atoms with Crippen molar-refractivity contribution < 1.29 is 9.18 Å². The van der Waals surface area contributed by atoms with Gasteiger partial charge >= 0.3 is 0 Å². The van der Waals surface area contributed by atoms with E-state index in [4.69, 9.17) is 0 Å². The third-order valence-electron chi connectivity index (χ3n) is 1.66. The van der Waals surface area contributed by atoms with Crippen LogP contribution in [-0.2, 0) is 4.79 Å². The van der Waals surface area contributed by atoms with Crippen LogP contribution in [0.25, 0.3) is 0 Å². The van der Waals surface area contributed by atoms with Gasteiger partial charge in [0.05, 0.1) is 5.41 Å². The first-order valence-electron chi connectivity index (χ1n) is 3.20. The first-order chi connectivity index (χ1) is 4.83. The second-order valence-corrected chi connectivity index (χ2v) is 2.48. The van der Waals surface area contributed by atoms with E-state index in [2.05, 4.69) is 0 Å². The topological polar surface area (TPSA) is 17.1 Å². The third-order valence-corrected chi connectivity index (χ3v) is 1.66. The van der Waals surface area contributed by atoms with E-state index in [9.17, 15) is 9.18 Å². The summed E-state index contributed by atoms with van der Waals surface area (Å²) < 4.78 is 12.2. The normalized spacial score (nSPS) is 30.5. The number of halogens is 1. The number of carbonyl (C=O) groups is 1. The standard InChI is InChI=1S/C8H9FO/c9-6-8(7-10)4-2-1-3-5-8/h1-4,7H,5-6H2. The zero-order valence-corrected chi connectivity index (χ0v) is 5.59. The zero-order chi connectivity index (χ0) is 7.45. The van der Waals surface area contributed by atoms with E-state index in [0.29, 0.717) is 12.7 Å². The summed E-state index contributed by atoms with van der Waals surface area (Å²) in [5, 5.41) is 0. The fourth-order valence-corrected chi connectivity index (χ4v) is 0.899. The smallest absolute Gasteiger partial charge is 0.132 e. The van der Waals surface area contributed by atoms with Gasteiger partial charge < -0.3 is 4.79 Å². The van der Waals surface area contributed by atoms with E-state index in [1.54, 1.807) is 18.2 Å². The molecule has 2 heteroatoms. The molecule has 0 bridgehead atoms. The lowest BCUT2D eigenvalue weighted by Gasteiger charge is -2.19. The van der Waals surface area contributed by atoms with E-state index >= 15 is 0 Å². The summed E-state index contributed by atoms with van der Waals surface area (Å²) in [5.74, 6) is 0. The third kappa shape index (κ3) is 1.15. The molecular formula is C8H9FO. The van der Waals surface area contributed by atoms with Crippen LogP contribution in [0.2, 0.25) is 0 Å². The Morgan fingerprint density at radius 1 is 1.60 bits per heavy atom. The largest absolute Gasteiger partial charge is 0.302 e. The average molecular weight is 140 g/mol. The van der Waals surface area contributed by atoms with Gasteiger partial charge in [-0.15, -0.1) is 0 Å². The summed E-state index contributed by atoms with van der Waals surface area (Å²) in [7, 11) is 0. The molecule has 0 fully saturated rings. The number of carbonyl (C=O) groups excluding carboxylic acids is 1. The van der Waals surface area contributed by atoms with Gasteiger partial charge in [0.1, 0.15) is 13.0 Å². The molecule has 1 aliphatic carbocycles. The highest BCUT2D eigenvalue weighted by molar-refractivity contribution is 5.64. The Balaban J connectivity index is 2.75. The molecular weight excluding hydrogens is 131 g/mol. The van der Waals surface area contributed by atoms with Crippen LogP contribution in [0.3, 0.4) is 0 Å². The number of aldehydes is 1. The fraction of sp³-hybridized carbons (Fsp3) is 0.375. The monoisotopic (exact) mass is 140 g/mol. The molecule has 0 N–H and O–H groups in total. The van der Waals surface area contributed by atoms with Crippen LogP contribution in [0.15, 0.2) is 24.3 Å². The van der Waals surface area contributed by atoms with Gasteiger partial charge in [-0.1, -0.05) is 24.3 Å². The van der Waals surface area contributed by atoms with E-state index in [0.717, 1.165) is 0 Å². The number of rotatable bonds is 2. The molecule has 0 saturated carbocycles. The Morgan fingerprint density at radius 3 is 2.70 bits per heavy atom. The van der Waals surface area contributed by atoms with Gasteiger partial charge in [-0.25, -0.2) is 4.39 Å². The maximum atomic E-state index is 12.2. The second kappa shape index (κ2) is 2.78. The van der Waals surface area contributed by atoms with Crippen molar-refractivity contribution in [3.05, 3.63) is 24.3 Å². The van der Waals surface area contributed by atoms with Crippen LogP contribution in [-0.4, -0.2) is 13.0 Å². The van der Waals surface area contributed by atoms with Gasteiger partial charge in [-0.05, 0) is 6.42 Å². The summed E-state index contributed by atoms with van der Waals surface area (Å²) in [6, 6.07) is 0. The quantitative estimate of drug-likeness (QED) is 0.533. The first kappa shape index (κ1) is 7.19. The van der Waals surface area contributed by atoms with Crippen molar-refractivity contribution in [3.8, 4) is 0 Å². The van der Waals surface area contributed by atoms with Crippen LogP contribution in [0, 0.1) is 5.41 Å². The number of hydrogen-bond donors (Lipinski definition) is 0. The molecule has 1 aliphatic rings. The Bertz CT molecular complexity index is 184. The summed E-state index contributed by atoms with van der Waals surface area (Å²) in [6.07, 6.45) is 8.10. The van der Waals surface area contributed by atoms with Crippen molar-refractivity contribution in [2.45, 2.75) is 6.42 Å². The molecule has 1 nitrogen and oxygen atoms in total. The highest BCUT2D eigenvalue weighted by Gasteiger charge is 2.25. The van der Waals surface area contributed by atoms with E-state index in [1.807, 2.05) is 6.08 Å². The molecule has 0 spiro atoms. The lowest BCUT2D eigenvalue weighted by molar-refractivity contribution is -0.114. The highest BCUT2D eigenvalue weighted by atomic mass is 19.1. The molecule has 1 unspecified atom stereocenters. The Labute approximate surface area is 59.2 Å². The van der Waals surface area contributed by atoms with Crippen LogP contribution < -0.4 is 0 Å². The Kier molecular flexibility index (Phi) is 2.00. The molecule has 0 aromatic rings. The molecule has 0 heterocycles. The highest BCUT2D eigenvalue weighted by Crippen LogP contribution is 2.25. The van der Waals surface area contributed by atoms with E-state index in [-0.39, 0.29) is 0 Å². The van der Waals surface area contributed by atoms with Crippen molar-refractivity contribution in [1.82, 2.24) is 0 Å². The van der Waals surface area contributed by atoms with Crippen LogP contribution in [0.5, 0.6) is 0 Å². The van der Waals surface area contributed by atoms with Crippen molar-refractivity contribution in [2.24, 2.45) is 5.41 Å². The van der Waals surface area contributed by atoms with Gasteiger partial charge in [0.2, 0.25) is 0 Å². The molecule has 0 saturated heterocycles. The van der Waals surface area contributed by atoms with Crippen LogP contribution in [0.4, 0.5) is 4.39 Å². The van der Waals surface area contributed by atoms with Gasteiger partial charge in [0, 0.05) is 0 Å². The minimum atomic E-state index is -0.852. The Hall–Kier alpha value is -0.920. The van der Waals surface area contributed by atoms with Gasteiger partial charge in [0.15, 0.2) is 0 Å². The van der Waals surface area contributed by atoms with Crippen LogP contribution in [0.1, 0.15) is 6.42 Å². The SMILES string of the molecule is O=CC1(CF)C=CC=CC1. The summed E-state index contributed by atoms with van der Waals surface area (Å²) in [4.78, 5) is 10.4. The maximum absolute atomic E-state index is 12.2. The number of allylic oxidation sites excluding steroid dienone is 4. The predicted octanol–water partition coefficient (Wildman–Crippen LogP) is 1.66. The van der Waals surface area contributed by atoms with Crippen molar-refractivity contribution >= 4 is 6.29 Å². The lowest BCUT2D eigenvalue weighted by Crippen LogP contribution is -2.22. The predicted molar refractivity (Wildman–Crippen MR) is 37.4 cm³/mol. The molecule has 0 amide bonds. The van der Waals surface area contributed by atoms with E-state index < -0.39 is 12.1 Å². The molecule has 0 aromatic heterocycles. The van der Waals surface area contributed by atoms with E-state index in [1.165, 1.54) is 0 Å². The van der Waals surface area contributed by atoms with Crippen molar-refractivity contribution in [1.29, 1.82) is 0 Å². The minimum absolute atomic E-state index is 0.490. The fourth-order valence-electron chi connectivity index (χ4n) is 0.899.